The lowest BCUT2D eigenvalue weighted by molar-refractivity contribution is 0.102. The molecule has 2 aromatic rings. The van der Waals surface area contributed by atoms with E-state index in [2.05, 4.69) is 12.2 Å². The molecule has 0 bridgehead atoms. The molecule has 0 heterocycles. The SMILES string of the molecule is CCCc1ccc(NC(=O)c2cc(OC)ccc2OC)cc1. The highest BCUT2D eigenvalue weighted by atomic mass is 16.5. The van der Waals surface area contributed by atoms with Gasteiger partial charge in [0.2, 0.25) is 0 Å². The predicted molar refractivity (Wildman–Crippen MR) is 87.9 cm³/mol. The molecule has 0 saturated carbocycles. The first kappa shape index (κ1) is 15.9. The quantitative estimate of drug-likeness (QED) is 0.879. The van der Waals surface area contributed by atoms with Crippen LogP contribution in [0, 0.1) is 0 Å². The molecule has 0 aliphatic carbocycles. The molecule has 2 rings (SSSR count). The molecule has 4 nitrogen and oxygen atoms in total. The topological polar surface area (TPSA) is 47.6 Å². The third-order valence-electron chi connectivity index (χ3n) is 3.40. The number of amides is 1. The maximum Gasteiger partial charge on any atom is 0.259 e. The van der Waals surface area contributed by atoms with Crippen LogP contribution in [0.3, 0.4) is 0 Å². The number of rotatable bonds is 6. The molecule has 22 heavy (non-hydrogen) atoms. The predicted octanol–water partition coefficient (Wildman–Crippen LogP) is 3.91. The zero-order valence-electron chi connectivity index (χ0n) is 13.2. The second kappa shape index (κ2) is 7.50. The molecular formula is C18H21NO3. The highest BCUT2D eigenvalue weighted by Crippen LogP contribution is 2.25. The Hall–Kier alpha value is -2.49. The molecular weight excluding hydrogens is 278 g/mol. The van der Waals surface area contributed by atoms with Crippen LogP contribution in [0.4, 0.5) is 5.69 Å². The second-order valence-corrected chi connectivity index (χ2v) is 4.97. The molecule has 0 aromatic heterocycles. The second-order valence-electron chi connectivity index (χ2n) is 4.97. The van der Waals surface area contributed by atoms with Crippen molar-refractivity contribution in [3.63, 3.8) is 0 Å². The smallest absolute Gasteiger partial charge is 0.259 e. The van der Waals surface area contributed by atoms with Gasteiger partial charge in [0.05, 0.1) is 19.8 Å². The normalized spacial score (nSPS) is 10.1. The van der Waals surface area contributed by atoms with Gasteiger partial charge in [0.1, 0.15) is 11.5 Å². The van der Waals surface area contributed by atoms with E-state index in [4.69, 9.17) is 9.47 Å². The maximum atomic E-state index is 12.4. The summed E-state index contributed by atoms with van der Waals surface area (Å²) in [6.07, 6.45) is 2.14. The Labute approximate surface area is 131 Å². The molecule has 0 atom stereocenters. The number of ether oxygens (including phenoxy) is 2. The van der Waals surface area contributed by atoms with E-state index in [1.807, 2.05) is 24.3 Å². The minimum atomic E-state index is -0.223. The third kappa shape index (κ3) is 3.79. The van der Waals surface area contributed by atoms with Crippen LogP contribution < -0.4 is 14.8 Å². The van der Waals surface area contributed by atoms with Crippen LogP contribution in [0.15, 0.2) is 42.5 Å². The van der Waals surface area contributed by atoms with Crippen LogP contribution in [0.25, 0.3) is 0 Å². The number of aryl methyl sites for hydroxylation is 1. The number of benzene rings is 2. The summed E-state index contributed by atoms with van der Waals surface area (Å²) in [6.45, 7) is 2.14. The first-order valence-electron chi connectivity index (χ1n) is 7.30. The van der Waals surface area contributed by atoms with E-state index in [1.54, 1.807) is 25.3 Å². The van der Waals surface area contributed by atoms with Crippen LogP contribution >= 0.6 is 0 Å². The fourth-order valence-corrected chi connectivity index (χ4v) is 2.23. The van der Waals surface area contributed by atoms with Crippen LogP contribution in [0.5, 0.6) is 11.5 Å². The Kier molecular flexibility index (Phi) is 5.42. The zero-order valence-corrected chi connectivity index (χ0v) is 13.2. The first-order chi connectivity index (χ1) is 10.7. The molecule has 1 N–H and O–H groups in total. The van der Waals surface area contributed by atoms with Crippen molar-refractivity contribution in [2.75, 3.05) is 19.5 Å². The molecule has 0 fully saturated rings. The van der Waals surface area contributed by atoms with Crippen LogP contribution in [0.2, 0.25) is 0 Å². The Morgan fingerprint density at radius 1 is 1.05 bits per heavy atom. The molecule has 2 aromatic carbocycles. The summed E-state index contributed by atoms with van der Waals surface area (Å²) in [5, 5.41) is 2.88. The van der Waals surface area contributed by atoms with Crippen molar-refractivity contribution in [2.45, 2.75) is 19.8 Å². The zero-order chi connectivity index (χ0) is 15.9. The number of hydrogen-bond donors (Lipinski definition) is 1. The number of carbonyl (C=O) groups is 1. The lowest BCUT2D eigenvalue weighted by atomic mass is 10.1. The van der Waals surface area contributed by atoms with Crippen molar-refractivity contribution < 1.29 is 14.3 Å². The molecule has 0 spiro atoms. The van der Waals surface area contributed by atoms with E-state index < -0.39 is 0 Å². The molecule has 116 valence electrons. The van der Waals surface area contributed by atoms with Gasteiger partial charge in [-0.1, -0.05) is 25.5 Å². The number of methoxy groups -OCH3 is 2. The summed E-state index contributed by atoms with van der Waals surface area (Å²) < 4.78 is 10.4. The molecule has 1 amide bonds. The van der Waals surface area contributed by atoms with E-state index in [0.717, 1.165) is 18.5 Å². The summed E-state index contributed by atoms with van der Waals surface area (Å²) in [5.41, 5.74) is 2.47. The highest BCUT2D eigenvalue weighted by Gasteiger charge is 2.13. The van der Waals surface area contributed by atoms with Gasteiger partial charge in [-0.05, 0) is 42.3 Å². The van der Waals surface area contributed by atoms with Gasteiger partial charge in [0.15, 0.2) is 0 Å². The van der Waals surface area contributed by atoms with Gasteiger partial charge in [-0.3, -0.25) is 4.79 Å². The average molecular weight is 299 g/mol. The lowest BCUT2D eigenvalue weighted by Crippen LogP contribution is -2.13. The minimum Gasteiger partial charge on any atom is -0.497 e. The van der Waals surface area contributed by atoms with Crippen molar-refractivity contribution in [2.24, 2.45) is 0 Å². The fraction of sp³-hybridized carbons (Fsp3) is 0.278. The Bertz CT molecular complexity index is 635. The van der Waals surface area contributed by atoms with Crippen molar-refractivity contribution in [1.82, 2.24) is 0 Å². The standard InChI is InChI=1S/C18H21NO3/c1-4-5-13-6-8-14(9-7-13)19-18(20)16-12-15(21-2)10-11-17(16)22-3/h6-12H,4-5H2,1-3H3,(H,19,20). The van der Waals surface area contributed by atoms with Gasteiger partial charge in [0, 0.05) is 5.69 Å². The minimum absolute atomic E-state index is 0.223. The Morgan fingerprint density at radius 2 is 1.77 bits per heavy atom. The van der Waals surface area contributed by atoms with Gasteiger partial charge in [-0.25, -0.2) is 0 Å². The Balaban J connectivity index is 2.17. The van der Waals surface area contributed by atoms with E-state index in [-0.39, 0.29) is 5.91 Å². The van der Waals surface area contributed by atoms with Gasteiger partial charge < -0.3 is 14.8 Å². The van der Waals surface area contributed by atoms with Gasteiger partial charge in [0.25, 0.3) is 5.91 Å². The number of nitrogens with one attached hydrogen (secondary N) is 1. The molecule has 0 aliphatic rings. The summed E-state index contributed by atoms with van der Waals surface area (Å²) in [5.74, 6) is 0.907. The molecule has 0 unspecified atom stereocenters. The van der Waals surface area contributed by atoms with Crippen LogP contribution in [-0.4, -0.2) is 20.1 Å². The number of carbonyl (C=O) groups excluding carboxylic acids is 1. The summed E-state index contributed by atoms with van der Waals surface area (Å²) in [6, 6.07) is 13.0. The van der Waals surface area contributed by atoms with Crippen molar-refractivity contribution in [1.29, 1.82) is 0 Å². The molecule has 0 radical (unpaired) electrons. The fourth-order valence-electron chi connectivity index (χ4n) is 2.23. The first-order valence-corrected chi connectivity index (χ1v) is 7.30. The highest BCUT2D eigenvalue weighted by molar-refractivity contribution is 6.06. The van der Waals surface area contributed by atoms with Crippen molar-refractivity contribution in [3.05, 3.63) is 53.6 Å². The van der Waals surface area contributed by atoms with E-state index in [9.17, 15) is 4.79 Å². The van der Waals surface area contributed by atoms with Gasteiger partial charge in [-0.2, -0.15) is 0 Å². The lowest BCUT2D eigenvalue weighted by Gasteiger charge is -2.11. The average Bonchev–Trinajstić information content (AvgIpc) is 2.56. The summed E-state index contributed by atoms with van der Waals surface area (Å²) in [4.78, 5) is 12.4. The molecule has 0 saturated heterocycles. The number of hydrogen-bond acceptors (Lipinski definition) is 3. The van der Waals surface area contributed by atoms with Gasteiger partial charge >= 0.3 is 0 Å². The largest absolute Gasteiger partial charge is 0.497 e. The van der Waals surface area contributed by atoms with E-state index >= 15 is 0 Å². The van der Waals surface area contributed by atoms with E-state index in [1.165, 1.54) is 12.7 Å². The summed E-state index contributed by atoms with van der Waals surface area (Å²) in [7, 11) is 3.11. The Morgan fingerprint density at radius 3 is 2.36 bits per heavy atom. The molecule has 0 aliphatic heterocycles. The van der Waals surface area contributed by atoms with Crippen molar-refractivity contribution in [3.8, 4) is 11.5 Å². The van der Waals surface area contributed by atoms with E-state index in [0.29, 0.717) is 17.1 Å². The van der Waals surface area contributed by atoms with Crippen LogP contribution in [0.1, 0.15) is 29.3 Å². The van der Waals surface area contributed by atoms with Gasteiger partial charge in [-0.15, -0.1) is 0 Å². The maximum absolute atomic E-state index is 12.4. The summed E-state index contributed by atoms with van der Waals surface area (Å²) >= 11 is 0. The number of anilines is 1. The molecule has 4 heteroatoms. The van der Waals surface area contributed by atoms with Crippen molar-refractivity contribution >= 4 is 11.6 Å². The third-order valence-corrected chi connectivity index (χ3v) is 3.40. The van der Waals surface area contributed by atoms with Crippen LogP contribution in [-0.2, 0) is 6.42 Å². The monoisotopic (exact) mass is 299 g/mol.